The van der Waals surface area contributed by atoms with E-state index in [1.54, 1.807) is 54.6 Å². The minimum atomic E-state index is -1.55. The topological polar surface area (TPSA) is 249 Å². The smallest absolute Gasteiger partial charge is 0.339 e. The Balaban J connectivity index is 0.741. The number of imidazole rings is 1. The van der Waals surface area contributed by atoms with E-state index in [9.17, 15) is 24.3 Å². The Morgan fingerprint density at radius 3 is 2.39 bits per heavy atom. The molecule has 2 amide bonds. The van der Waals surface area contributed by atoms with Crippen molar-refractivity contribution in [1.29, 1.82) is 0 Å². The van der Waals surface area contributed by atoms with Crippen molar-refractivity contribution in [3.8, 4) is 17.4 Å². The molecule has 18 heteroatoms. The van der Waals surface area contributed by atoms with Crippen molar-refractivity contribution in [3.63, 3.8) is 0 Å². The average molecular weight is 937 g/mol. The van der Waals surface area contributed by atoms with Gasteiger partial charge in [-0.05, 0) is 96.4 Å². The first-order valence-electron chi connectivity index (χ1n) is 22.3. The number of carbonyl (C=O) groups is 4. The summed E-state index contributed by atoms with van der Waals surface area (Å²) >= 11 is 0. The third-order valence-electron chi connectivity index (χ3n) is 12.1. The number of aromatic amines is 1. The Kier molecular flexibility index (Phi) is 11.8. The fraction of sp³-hybridized carbons (Fsp3) is 0.173. The van der Waals surface area contributed by atoms with Crippen LogP contribution in [0.4, 0.5) is 23.0 Å². The van der Waals surface area contributed by atoms with Crippen LogP contribution in [-0.2, 0) is 34.7 Å². The van der Waals surface area contributed by atoms with E-state index >= 15 is 0 Å². The van der Waals surface area contributed by atoms with Crippen LogP contribution in [0.15, 0.2) is 143 Å². The molecule has 7 aromatic rings. The number of phenols is 1. The van der Waals surface area contributed by atoms with Gasteiger partial charge in [-0.1, -0.05) is 36.4 Å². The summed E-state index contributed by atoms with van der Waals surface area (Å²) in [6.45, 7) is 0.695. The molecule has 4 heterocycles. The molecule has 5 aromatic carbocycles. The quantitative estimate of drug-likeness (QED) is 0.0405. The number of benzene rings is 5. The number of nitrogens with one attached hydrogen (secondary N) is 3. The minimum Gasteiger partial charge on any atom is -0.508 e. The average Bonchev–Trinajstić information content (AvgIpc) is 3.91. The third kappa shape index (κ3) is 8.76. The number of fused-ring (bicyclic) bond motifs is 7. The van der Waals surface area contributed by atoms with Crippen LogP contribution >= 0.6 is 0 Å². The van der Waals surface area contributed by atoms with Gasteiger partial charge < -0.3 is 45.6 Å². The number of carbonyl (C=O) groups excluding carboxylic acids is 4. The number of phenolic OH excluding ortho intramolecular Hbond substituents is 1. The number of amides is 2. The number of ketones is 1. The second-order valence-corrected chi connectivity index (χ2v) is 17.0. The lowest BCUT2D eigenvalue weighted by Gasteiger charge is -2.42. The van der Waals surface area contributed by atoms with Gasteiger partial charge in [-0.3, -0.25) is 14.4 Å². The van der Waals surface area contributed by atoms with Gasteiger partial charge in [0.15, 0.2) is 17.0 Å². The van der Waals surface area contributed by atoms with Crippen molar-refractivity contribution < 1.29 is 38.5 Å². The predicted octanol–water partition coefficient (Wildman–Crippen LogP) is 7.44. The van der Waals surface area contributed by atoms with Crippen molar-refractivity contribution in [1.82, 2.24) is 30.6 Å². The lowest BCUT2D eigenvalue weighted by molar-refractivity contribution is -0.111. The van der Waals surface area contributed by atoms with Crippen molar-refractivity contribution >= 4 is 57.7 Å². The molecule has 1 aliphatic carbocycles. The number of aryl methyl sites for hydroxylation is 1. The van der Waals surface area contributed by atoms with Crippen LogP contribution < -0.4 is 30.7 Å². The molecule has 2 atom stereocenters. The van der Waals surface area contributed by atoms with Crippen LogP contribution in [0.25, 0.3) is 11.2 Å². The number of aromatic hydroxyl groups is 1. The summed E-state index contributed by atoms with van der Waals surface area (Å²) in [6.07, 6.45) is 5.41. The van der Waals surface area contributed by atoms with Crippen molar-refractivity contribution in [2.75, 3.05) is 31.3 Å². The molecule has 6 N–H and O–H groups in total. The monoisotopic (exact) mass is 936 g/mol. The Morgan fingerprint density at radius 2 is 1.63 bits per heavy atom. The third-order valence-corrected chi connectivity index (χ3v) is 12.1. The van der Waals surface area contributed by atoms with Gasteiger partial charge in [-0.2, -0.15) is 20.2 Å². The molecule has 0 radical (unpaired) electrons. The van der Waals surface area contributed by atoms with Gasteiger partial charge in [0.2, 0.25) is 11.8 Å². The fourth-order valence-corrected chi connectivity index (χ4v) is 8.68. The van der Waals surface area contributed by atoms with Crippen molar-refractivity contribution in [2.45, 2.75) is 31.6 Å². The molecular weight excluding hydrogens is 893 g/mol. The number of hydrogen-bond donors (Lipinski definition) is 5. The minimum absolute atomic E-state index is 0.00139. The number of nitrogen functional groups attached to an aromatic ring is 1. The van der Waals surface area contributed by atoms with Gasteiger partial charge in [0, 0.05) is 73.7 Å². The number of hydrogen-bond acceptors (Lipinski definition) is 15. The lowest BCUT2D eigenvalue weighted by Crippen LogP contribution is -2.44. The maximum absolute atomic E-state index is 14.1. The molecule has 0 bridgehead atoms. The van der Waals surface area contributed by atoms with Crippen LogP contribution in [0.1, 0.15) is 65.6 Å². The molecule has 0 saturated heterocycles. The van der Waals surface area contributed by atoms with Gasteiger partial charge in [0.25, 0.3) is 11.8 Å². The summed E-state index contributed by atoms with van der Waals surface area (Å²) in [5.74, 6) is -1.16. The number of ether oxygens (including phenoxy) is 3. The van der Waals surface area contributed by atoms with Gasteiger partial charge in [-0.25, -0.2) is 9.78 Å². The summed E-state index contributed by atoms with van der Waals surface area (Å²) in [7, 11) is 3.95. The van der Waals surface area contributed by atoms with Crippen molar-refractivity contribution in [3.05, 3.63) is 178 Å². The van der Waals surface area contributed by atoms with Crippen molar-refractivity contribution in [2.24, 2.45) is 16.1 Å². The Labute approximate surface area is 400 Å². The van der Waals surface area contributed by atoms with E-state index in [4.69, 9.17) is 19.9 Å². The van der Waals surface area contributed by atoms with Crippen LogP contribution in [0.5, 0.6) is 17.4 Å². The first kappa shape index (κ1) is 44.6. The standard InChI is InChI=1S/C52H44N10O8/c1-62(2)34-18-16-33(17-19-34)61-60-32-14-12-31(13-15-32)47(65)54-24-4-7-43-56-45-46(57-43)58-51(53)59-49(45)68-28-30-10-8-29(9-11-30)27-55-48(66)37-5-3-6-38-44(37)52(70-50(38)67)39-22-20-35(63)25-41(39)69-42-26-36(64)21-23-40(42)52/h3,5-6,8-23,25-26,39,64H,4,7,24,27-28H2,1-2H3,(H,54,65)(H,55,66)(H3,53,56,57,58,59). The number of aromatic nitrogens is 4. The number of anilines is 2. The highest BCUT2D eigenvalue weighted by Crippen LogP contribution is 2.57. The molecule has 2 unspecified atom stereocenters. The van der Waals surface area contributed by atoms with E-state index in [2.05, 4.69) is 40.8 Å². The van der Waals surface area contributed by atoms with Crippen LogP contribution in [-0.4, -0.2) is 69.2 Å². The first-order valence-corrected chi connectivity index (χ1v) is 22.3. The number of rotatable bonds is 14. The molecule has 2 aliphatic heterocycles. The molecule has 2 aromatic heterocycles. The number of azo groups is 1. The van der Waals surface area contributed by atoms with Crippen LogP contribution in [0, 0.1) is 5.92 Å². The number of allylic oxidation sites excluding steroid dienone is 2. The zero-order chi connectivity index (χ0) is 48.5. The van der Waals surface area contributed by atoms with Crippen LogP contribution in [0.3, 0.4) is 0 Å². The molecule has 70 heavy (non-hydrogen) atoms. The normalized spacial score (nSPS) is 16.5. The predicted molar refractivity (Wildman–Crippen MR) is 257 cm³/mol. The highest BCUT2D eigenvalue weighted by molar-refractivity contribution is 6.05. The maximum atomic E-state index is 14.1. The maximum Gasteiger partial charge on any atom is 0.339 e. The molecule has 1 spiro atoms. The Hall–Kier alpha value is -9.19. The van der Waals surface area contributed by atoms with Gasteiger partial charge >= 0.3 is 5.97 Å². The molecule has 350 valence electrons. The fourth-order valence-electron chi connectivity index (χ4n) is 8.68. The summed E-state index contributed by atoms with van der Waals surface area (Å²) in [6, 6.07) is 31.4. The highest BCUT2D eigenvalue weighted by Gasteiger charge is 2.59. The van der Waals surface area contributed by atoms with E-state index in [1.807, 2.05) is 67.5 Å². The van der Waals surface area contributed by atoms with E-state index in [-0.39, 0.29) is 65.1 Å². The molecule has 3 aliphatic rings. The number of esters is 1. The van der Waals surface area contributed by atoms with Gasteiger partial charge in [-0.15, -0.1) is 0 Å². The largest absolute Gasteiger partial charge is 0.508 e. The number of nitrogens with zero attached hydrogens (tertiary/aromatic N) is 6. The zero-order valence-electron chi connectivity index (χ0n) is 37.8. The summed E-state index contributed by atoms with van der Waals surface area (Å²) in [5.41, 5.74) is 11.0. The SMILES string of the molecule is CN(C)c1ccc(N=Nc2ccc(C(=O)NCCCc3nc4nc(N)nc(OCc5ccc(CNC(=O)c6cccc7c6C6(OC7=O)c7ccc(O)cc7OC7=CC(=O)C=CC76)cc5)c4[nH]3)cc2)cc1. The van der Waals surface area contributed by atoms with E-state index < -0.39 is 23.4 Å². The Bertz CT molecular complexity index is 3310. The molecule has 0 saturated carbocycles. The molecule has 0 fully saturated rings. The van der Waals surface area contributed by atoms with Gasteiger partial charge in [0.05, 0.1) is 22.9 Å². The Morgan fingerprint density at radius 1 is 0.886 bits per heavy atom. The summed E-state index contributed by atoms with van der Waals surface area (Å²) in [5, 5.41) is 24.8. The number of H-pyrrole nitrogens is 1. The summed E-state index contributed by atoms with van der Waals surface area (Å²) in [4.78, 5) is 71.3. The van der Waals surface area contributed by atoms with Gasteiger partial charge in [0.1, 0.15) is 35.2 Å². The first-order chi connectivity index (χ1) is 33.9. The van der Waals surface area contributed by atoms with E-state index in [1.165, 1.54) is 24.3 Å². The van der Waals surface area contributed by atoms with E-state index in [0.29, 0.717) is 58.8 Å². The second kappa shape index (κ2) is 18.5. The molecule has 18 nitrogen and oxygen atoms in total. The van der Waals surface area contributed by atoms with Crippen LogP contribution in [0.2, 0.25) is 0 Å². The van der Waals surface area contributed by atoms with E-state index in [0.717, 1.165) is 22.5 Å². The zero-order valence-corrected chi connectivity index (χ0v) is 37.8. The molecule has 10 rings (SSSR count). The molecular formula is C52H44N10O8. The highest BCUT2D eigenvalue weighted by atomic mass is 16.6. The second-order valence-electron chi connectivity index (χ2n) is 17.0. The number of nitrogens with two attached hydrogens (primary N) is 1. The lowest BCUT2D eigenvalue weighted by atomic mass is 9.70. The summed E-state index contributed by atoms with van der Waals surface area (Å²) < 4.78 is 18.4.